The molecule has 1 atom stereocenters. The number of aromatic hydroxyl groups is 1. The fourth-order valence-corrected chi connectivity index (χ4v) is 4.14. The minimum absolute atomic E-state index is 0.102. The Labute approximate surface area is 151 Å². The Kier molecular flexibility index (Phi) is 5.38. The molecule has 1 amide bonds. The number of carbonyl (C=O) groups is 1. The van der Waals surface area contributed by atoms with Crippen LogP contribution in [0.25, 0.3) is 0 Å². The van der Waals surface area contributed by atoms with Crippen molar-refractivity contribution >= 4 is 17.7 Å². The molecule has 0 radical (unpaired) electrons. The Morgan fingerprint density at radius 2 is 2.04 bits per heavy atom. The highest BCUT2D eigenvalue weighted by Gasteiger charge is 2.30. The number of phenolic OH excluding ortho intramolecular Hbond substituents is 1. The Morgan fingerprint density at radius 3 is 2.76 bits per heavy atom. The van der Waals surface area contributed by atoms with Crippen LogP contribution in [0.4, 0.5) is 0 Å². The zero-order valence-corrected chi connectivity index (χ0v) is 15.1. The summed E-state index contributed by atoms with van der Waals surface area (Å²) in [4.78, 5) is 14.4. The number of hydrogen-bond donors (Lipinski definition) is 1. The molecular weight excluding hydrogens is 338 g/mol. The van der Waals surface area contributed by atoms with Gasteiger partial charge in [0.05, 0.1) is 20.8 Å². The lowest BCUT2D eigenvalue weighted by Gasteiger charge is -2.36. The van der Waals surface area contributed by atoms with Gasteiger partial charge in [0, 0.05) is 23.8 Å². The molecule has 132 valence electrons. The van der Waals surface area contributed by atoms with E-state index in [0.717, 1.165) is 16.9 Å². The molecular formula is C19H21NO4S. The van der Waals surface area contributed by atoms with E-state index in [2.05, 4.69) is 0 Å². The van der Waals surface area contributed by atoms with Gasteiger partial charge in [0.1, 0.15) is 22.6 Å². The van der Waals surface area contributed by atoms with E-state index in [1.807, 2.05) is 29.2 Å². The van der Waals surface area contributed by atoms with Gasteiger partial charge in [0.2, 0.25) is 5.91 Å². The van der Waals surface area contributed by atoms with Gasteiger partial charge in [-0.25, -0.2) is 0 Å². The van der Waals surface area contributed by atoms with E-state index in [-0.39, 0.29) is 17.0 Å². The fraction of sp³-hybridized carbons (Fsp3) is 0.316. The number of nitrogens with zero attached hydrogens (tertiary/aromatic N) is 1. The van der Waals surface area contributed by atoms with Crippen molar-refractivity contribution in [2.45, 2.75) is 18.3 Å². The van der Waals surface area contributed by atoms with Gasteiger partial charge in [0.25, 0.3) is 0 Å². The lowest BCUT2D eigenvalue weighted by molar-refractivity contribution is -0.132. The third-order valence-corrected chi connectivity index (χ3v) is 5.47. The SMILES string of the molecule is COc1ccc(CN2C(=O)CCSC2c2cccc(O)c2)c(OC)c1. The molecule has 0 spiro atoms. The minimum Gasteiger partial charge on any atom is -0.508 e. The van der Waals surface area contributed by atoms with Crippen LogP contribution < -0.4 is 9.47 Å². The monoisotopic (exact) mass is 359 g/mol. The summed E-state index contributed by atoms with van der Waals surface area (Å²) < 4.78 is 10.7. The smallest absolute Gasteiger partial charge is 0.224 e. The van der Waals surface area contributed by atoms with Gasteiger partial charge in [-0.3, -0.25) is 4.79 Å². The topological polar surface area (TPSA) is 59.0 Å². The van der Waals surface area contributed by atoms with Crippen LogP contribution in [0.2, 0.25) is 0 Å². The van der Waals surface area contributed by atoms with E-state index in [0.29, 0.717) is 24.5 Å². The Hall–Kier alpha value is -2.34. The van der Waals surface area contributed by atoms with E-state index < -0.39 is 0 Å². The number of phenols is 1. The van der Waals surface area contributed by atoms with Crippen LogP contribution in [0.3, 0.4) is 0 Å². The van der Waals surface area contributed by atoms with E-state index in [4.69, 9.17) is 9.47 Å². The first-order valence-corrected chi connectivity index (χ1v) is 9.08. The molecule has 3 rings (SSSR count). The lowest BCUT2D eigenvalue weighted by Crippen LogP contribution is -2.36. The molecule has 6 heteroatoms. The third-order valence-electron chi connectivity index (χ3n) is 4.19. The van der Waals surface area contributed by atoms with Crippen molar-refractivity contribution in [1.29, 1.82) is 0 Å². The van der Waals surface area contributed by atoms with Crippen molar-refractivity contribution in [3.05, 3.63) is 53.6 Å². The second-order valence-corrected chi connectivity index (χ2v) is 6.96. The molecule has 1 saturated heterocycles. The predicted octanol–water partition coefficient (Wildman–Crippen LogP) is 3.57. The minimum atomic E-state index is -0.125. The quantitative estimate of drug-likeness (QED) is 0.884. The predicted molar refractivity (Wildman–Crippen MR) is 98.0 cm³/mol. The standard InChI is InChI=1S/C19H21NO4S/c1-23-16-7-6-14(17(11-16)24-2)12-20-18(22)8-9-25-19(20)13-4-3-5-15(21)10-13/h3-7,10-11,19,21H,8-9,12H2,1-2H3. The molecule has 0 bridgehead atoms. The summed E-state index contributed by atoms with van der Waals surface area (Å²) in [5, 5.41) is 9.65. The number of ether oxygens (including phenoxy) is 2. The number of amides is 1. The van der Waals surface area contributed by atoms with Crippen LogP contribution in [-0.2, 0) is 11.3 Å². The van der Waals surface area contributed by atoms with Crippen LogP contribution in [0.15, 0.2) is 42.5 Å². The average Bonchev–Trinajstić information content (AvgIpc) is 2.63. The van der Waals surface area contributed by atoms with Crippen LogP contribution in [0.5, 0.6) is 17.2 Å². The highest BCUT2D eigenvalue weighted by Crippen LogP contribution is 2.40. The third kappa shape index (κ3) is 3.85. The van der Waals surface area contributed by atoms with Crippen molar-refractivity contribution in [2.75, 3.05) is 20.0 Å². The van der Waals surface area contributed by atoms with Crippen LogP contribution in [0.1, 0.15) is 22.9 Å². The molecule has 1 heterocycles. The van der Waals surface area contributed by atoms with Crippen LogP contribution in [-0.4, -0.2) is 35.9 Å². The zero-order chi connectivity index (χ0) is 17.8. The first kappa shape index (κ1) is 17.5. The van der Waals surface area contributed by atoms with Crippen LogP contribution in [0, 0.1) is 0 Å². The number of thioether (sulfide) groups is 1. The highest BCUT2D eigenvalue weighted by atomic mass is 32.2. The van der Waals surface area contributed by atoms with Gasteiger partial charge in [0.15, 0.2) is 0 Å². The molecule has 0 aromatic heterocycles. The Balaban J connectivity index is 1.91. The number of methoxy groups -OCH3 is 2. The number of benzene rings is 2. The van der Waals surface area contributed by atoms with Gasteiger partial charge in [-0.05, 0) is 29.8 Å². The number of carbonyl (C=O) groups excluding carboxylic acids is 1. The maximum atomic E-state index is 12.6. The molecule has 1 unspecified atom stereocenters. The van der Waals surface area contributed by atoms with Gasteiger partial charge in [-0.1, -0.05) is 12.1 Å². The van der Waals surface area contributed by atoms with Crippen molar-refractivity contribution in [1.82, 2.24) is 4.90 Å². The molecule has 0 saturated carbocycles. The summed E-state index contributed by atoms with van der Waals surface area (Å²) in [6.45, 7) is 0.444. The van der Waals surface area contributed by atoms with Crippen molar-refractivity contribution in [2.24, 2.45) is 0 Å². The molecule has 1 aliphatic heterocycles. The average molecular weight is 359 g/mol. The van der Waals surface area contributed by atoms with E-state index >= 15 is 0 Å². The van der Waals surface area contributed by atoms with Gasteiger partial charge >= 0.3 is 0 Å². The maximum Gasteiger partial charge on any atom is 0.224 e. The van der Waals surface area contributed by atoms with Crippen molar-refractivity contribution in [3.8, 4) is 17.2 Å². The van der Waals surface area contributed by atoms with Gasteiger partial charge in [-0.2, -0.15) is 0 Å². The van der Waals surface area contributed by atoms with Crippen LogP contribution >= 0.6 is 11.8 Å². The van der Waals surface area contributed by atoms with Gasteiger partial charge < -0.3 is 19.5 Å². The number of rotatable bonds is 5. The van der Waals surface area contributed by atoms with E-state index in [1.54, 1.807) is 44.2 Å². The second-order valence-electron chi connectivity index (χ2n) is 5.77. The number of hydrogen-bond acceptors (Lipinski definition) is 5. The summed E-state index contributed by atoms with van der Waals surface area (Å²) in [6.07, 6.45) is 0.512. The summed E-state index contributed by atoms with van der Waals surface area (Å²) >= 11 is 1.71. The Bertz CT molecular complexity index is 765. The molecule has 25 heavy (non-hydrogen) atoms. The van der Waals surface area contributed by atoms with E-state index in [1.165, 1.54) is 0 Å². The maximum absolute atomic E-state index is 12.6. The molecule has 1 N–H and O–H groups in total. The summed E-state index contributed by atoms with van der Waals surface area (Å²) in [7, 11) is 3.22. The van der Waals surface area contributed by atoms with E-state index in [9.17, 15) is 9.90 Å². The Morgan fingerprint density at radius 1 is 1.20 bits per heavy atom. The van der Waals surface area contributed by atoms with Gasteiger partial charge in [-0.15, -0.1) is 11.8 Å². The normalized spacial score (nSPS) is 17.4. The summed E-state index contributed by atoms with van der Waals surface area (Å²) in [5.41, 5.74) is 1.84. The molecule has 1 aliphatic rings. The second kappa shape index (κ2) is 7.70. The fourth-order valence-electron chi connectivity index (χ4n) is 2.91. The highest BCUT2D eigenvalue weighted by molar-refractivity contribution is 7.99. The largest absolute Gasteiger partial charge is 0.508 e. The molecule has 0 aliphatic carbocycles. The molecule has 1 fully saturated rings. The molecule has 2 aromatic rings. The van der Waals surface area contributed by atoms with Crippen molar-refractivity contribution in [3.63, 3.8) is 0 Å². The molecule has 2 aromatic carbocycles. The summed E-state index contributed by atoms with van der Waals surface area (Å²) in [6, 6.07) is 12.7. The zero-order valence-electron chi connectivity index (χ0n) is 14.3. The lowest BCUT2D eigenvalue weighted by atomic mass is 10.1. The summed E-state index contributed by atoms with van der Waals surface area (Å²) in [5.74, 6) is 2.49. The first-order valence-electron chi connectivity index (χ1n) is 8.03. The van der Waals surface area contributed by atoms with Crippen molar-refractivity contribution < 1.29 is 19.4 Å². The molecule has 5 nitrogen and oxygen atoms in total. The first-order chi connectivity index (χ1) is 12.1.